The topological polar surface area (TPSA) is 92.2 Å². The van der Waals surface area contributed by atoms with Gasteiger partial charge in [0.1, 0.15) is 18.0 Å². The van der Waals surface area contributed by atoms with Gasteiger partial charge < -0.3 is 9.15 Å². The Kier molecular flexibility index (Phi) is 3.80. The van der Waals surface area contributed by atoms with E-state index < -0.39 is 5.97 Å². The molecule has 0 aromatic carbocycles. The van der Waals surface area contributed by atoms with Crippen LogP contribution < -0.4 is 5.69 Å². The van der Waals surface area contributed by atoms with Gasteiger partial charge in [-0.1, -0.05) is 6.07 Å². The first-order valence-corrected chi connectivity index (χ1v) is 6.82. The van der Waals surface area contributed by atoms with E-state index in [0.29, 0.717) is 17.3 Å². The number of nitrogens with zero attached hydrogens (tertiary/aromatic N) is 4. The molecule has 0 amide bonds. The minimum atomic E-state index is -0.571. The minimum absolute atomic E-state index is 0.0800. The van der Waals surface area contributed by atoms with Crippen molar-refractivity contribution in [3.05, 3.63) is 58.5 Å². The molecule has 0 bridgehead atoms. The Morgan fingerprint density at radius 2 is 2.13 bits per heavy atom. The summed E-state index contributed by atoms with van der Waals surface area (Å²) in [6.45, 7) is 0.108. The summed E-state index contributed by atoms with van der Waals surface area (Å²) >= 11 is 0. The van der Waals surface area contributed by atoms with Gasteiger partial charge in [-0.2, -0.15) is 0 Å². The van der Waals surface area contributed by atoms with E-state index in [1.165, 1.54) is 22.4 Å². The lowest BCUT2D eigenvalue weighted by Gasteiger charge is -1.97. The third-order valence-corrected chi connectivity index (χ3v) is 3.29. The van der Waals surface area contributed by atoms with E-state index in [1.54, 1.807) is 31.4 Å². The standard InChI is InChI=1S/C15H14N4O4/c1-18-13(11-5-3-4-8-16-11)17-19(15(18)21)9-10-6-7-12(23-10)14(20)22-2/h3-8H,9H2,1-2H3. The van der Waals surface area contributed by atoms with Crippen LogP contribution >= 0.6 is 0 Å². The molecule has 0 aliphatic rings. The average Bonchev–Trinajstić information content (AvgIpc) is 3.15. The predicted octanol–water partition coefficient (Wildman–Crippen LogP) is 1.07. The van der Waals surface area contributed by atoms with Crippen LogP contribution in [-0.4, -0.2) is 32.4 Å². The second-order valence-corrected chi connectivity index (χ2v) is 4.80. The number of carbonyl (C=O) groups excluding carboxylic acids is 1. The van der Waals surface area contributed by atoms with Crippen LogP contribution in [0.5, 0.6) is 0 Å². The van der Waals surface area contributed by atoms with Gasteiger partial charge in [0.2, 0.25) is 5.76 Å². The zero-order valence-electron chi connectivity index (χ0n) is 12.6. The first kappa shape index (κ1) is 14.8. The average molecular weight is 314 g/mol. The molecular weight excluding hydrogens is 300 g/mol. The maximum atomic E-state index is 12.3. The Hall–Kier alpha value is -3.16. The van der Waals surface area contributed by atoms with Crippen LogP contribution in [-0.2, 0) is 18.3 Å². The second kappa shape index (κ2) is 5.91. The van der Waals surface area contributed by atoms with E-state index >= 15 is 0 Å². The number of hydrogen-bond donors (Lipinski definition) is 0. The summed E-state index contributed by atoms with van der Waals surface area (Å²) in [5, 5.41) is 4.28. The molecule has 8 heteroatoms. The molecule has 0 radical (unpaired) electrons. The van der Waals surface area contributed by atoms with E-state index in [9.17, 15) is 9.59 Å². The molecule has 0 aliphatic carbocycles. The lowest BCUT2D eigenvalue weighted by molar-refractivity contribution is 0.0562. The van der Waals surface area contributed by atoms with E-state index in [2.05, 4.69) is 14.8 Å². The van der Waals surface area contributed by atoms with Gasteiger partial charge >= 0.3 is 11.7 Å². The Morgan fingerprint density at radius 3 is 2.83 bits per heavy atom. The van der Waals surface area contributed by atoms with Gasteiger partial charge in [0, 0.05) is 13.2 Å². The molecule has 0 N–H and O–H groups in total. The molecule has 0 fully saturated rings. The fourth-order valence-electron chi connectivity index (χ4n) is 2.13. The molecular formula is C15H14N4O4. The van der Waals surface area contributed by atoms with Gasteiger partial charge in [0.25, 0.3) is 0 Å². The molecule has 23 heavy (non-hydrogen) atoms. The number of hydrogen-bond acceptors (Lipinski definition) is 6. The summed E-state index contributed by atoms with van der Waals surface area (Å²) in [5.74, 6) is 0.392. The molecule has 0 atom stereocenters. The van der Waals surface area contributed by atoms with Gasteiger partial charge in [-0.05, 0) is 24.3 Å². The van der Waals surface area contributed by atoms with Crippen molar-refractivity contribution in [2.75, 3.05) is 7.11 Å². The van der Waals surface area contributed by atoms with Crippen LogP contribution in [0.2, 0.25) is 0 Å². The van der Waals surface area contributed by atoms with Gasteiger partial charge in [-0.15, -0.1) is 5.10 Å². The van der Waals surface area contributed by atoms with Gasteiger partial charge in [-0.3, -0.25) is 9.55 Å². The Bertz CT molecular complexity index is 892. The molecule has 0 unspecified atom stereocenters. The van der Waals surface area contributed by atoms with E-state index in [-0.39, 0.29) is 18.0 Å². The summed E-state index contributed by atoms with van der Waals surface area (Å²) in [6, 6.07) is 8.48. The van der Waals surface area contributed by atoms with Gasteiger partial charge in [-0.25, -0.2) is 14.3 Å². The molecule has 3 aromatic rings. The monoisotopic (exact) mass is 314 g/mol. The largest absolute Gasteiger partial charge is 0.463 e. The van der Waals surface area contributed by atoms with E-state index in [4.69, 9.17) is 4.42 Å². The summed E-state index contributed by atoms with van der Waals surface area (Å²) in [7, 11) is 2.89. The van der Waals surface area contributed by atoms with Crippen LogP contribution in [0.4, 0.5) is 0 Å². The fraction of sp³-hybridized carbons (Fsp3) is 0.200. The van der Waals surface area contributed by atoms with Gasteiger partial charge in [0.15, 0.2) is 5.82 Å². The van der Waals surface area contributed by atoms with Gasteiger partial charge in [0.05, 0.1) is 7.11 Å². The van der Waals surface area contributed by atoms with Crippen LogP contribution in [0.1, 0.15) is 16.3 Å². The lowest BCUT2D eigenvalue weighted by Crippen LogP contribution is -2.23. The molecule has 3 rings (SSSR count). The quantitative estimate of drug-likeness (QED) is 0.669. The maximum absolute atomic E-state index is 12.3. The number of ether oxygens (including phenoxy) is 1. The van der Waals surface area contributed by atoms with Crippen LogP contribution in [0.15, 0.2) is 45.7 Å². The lowest BCUT2D eigenvalue weighted by atomic mass is 10.3. The molecule has 0 spiro atoms. The minimum Gasteiger partial charge on any atom is -0.463 e. The highest BCUT2D eigenvalue weighted by Gasteiger charge is 2.16. The highest BCUT2D eigenvalue weighted by molar-refractivity contribution is 5.86. The fourth-order valence-corrected chi connectivity index (χ4v) is 2.13. The van der Waals surface area contributed by atoms with Crippen molar-refractivity contribution in [2.45, 2.75) is 6.54 Å². The Balaban J connectivity index is 1.91. The smallest absolute Gasteiger partial charge is 0.373 e. The van der Waals surface area contributed by atoms with E-state index in [0.717, 1.165) is 0 Å². The zero-order chi connectivity index (χ0) is 16.4. The SMILES string of the molecule is COC(=O)c1ccc(Cn2nc(-c3ccccn3)n(C)c2=O)o1. The molecule has 0 saturated carbocycles. The van der Waals surface area contributed by atoms with Crippen molar-refractivity contribution >= 4 is 5.97 Å². The van der Waals surface area contributed by atoms with Crippen molar-refractivity contribution in [3.63, 3.8) is 0 Å². The van der Waals surface area contributed by atoms with Crippen LogP contribution in [0.3, 0.4) is 0 Å². The van der Waals surface area contributed by atoms with Crippen molar-refractivity contribution in [3.8, 4) is 11.5 Å². The highest BCUT2D eigenvalue weighted by Crippen LogP contribution is 2.13. The zero-order valence-corrected chi connectivity index (χ0v) is 12.6. The second-order valence-electron chi connectivity index (χ2n) is 4.80. The first-order valence-electron chi connectivity index (χ1n) is 6.82. The van der Waals surface area contributed by atoms with Crippen molar-refractivity contribution in [2.24, 2.45) is 7.05 Å². The molecule has 118 valence electrons. The predicted molar refractivity (Wildman–Crippen MR) is 79.8 cm³/mol. The number of pyridine rings is 1. The Morgan fingerprint density at radius 1 is 1.30 bits per heavy atom. The molecule has 0 aliphatic heterocycles. The normalized spacial score (nSPS) is 10.7. The summed E-state index contributed by atoms with van der Waals surface area (Å²) in [5.41, 5.74) is 0.294. The summed E-state index contributed by atoms with van der Waals surface area (Å²) < 4.78 is 12.6. The van der Waals surface area contributed by atoms with Crippen molar-refractivity contribution in [1.82, 2.24) is 19.3 Å². The highest BCUT2D eigenvalue weighted by atomic mass is 16.5. The Labute approximate surface area is 130 Å². The number of carbonyl (C=O) groups is 1. The van der Waals surface area contributed by atoms with Crippen molar-refractivity contribution < 1.29 is 13.9 Å². The number of aromatic nitrogens is 4. The number of methoxy groups -OCH3 is 1. The number of rotatable bonds is 4. The third-order valence-electron chi connectivity index (χ3n) is 3.29. The third kappa shape index (κ3) is 2.78. The van der Waals surface area contributed by atoms with E-state index in [1.807, 2.05) is 6.07 Å². The molecule has 0 saturated heterocycles. The maximum Gasteiger partial charge on any atom is 0.373 e. The van der Waals surface area contributed by atoms with Crippen LogP contribution in [0.25, 0.3) is 11.5 Å². The summed E-state index contributed by atoms with van der Waals surface area (Å²) in [4.78, 5) is 27.8. The molecule has 3 heterocycles. The number of furan rings is 1. The van der Waals surface area contributed by atoms with Crippen molar-refractivity contribution in [1.29, 1.82) is 0 Å². The molecule has 3 aromatic heterocycles. The molecule has 8 nitrogen and oxygen atoms in total. The van der Waals surface area contributed by atoms with Crippen LogP contribution in [0, 0.1) is 0 Å². The first-order chi connectivity index (χ1) is 11.1. The number of esters is 1. The summed E-state index contributed by atoms with van der Waals surface area (Å²) in [6.07, 6.45) is 1.63.